The van der Waals surface area contributed by atoms with Crippen molar-refractivity contribution in [2.45, 2.75) is 25.9 Å². The summed E-state index contributed by atoms with van der Waals surface area (Å²) in [5.74, 6) is 0.0857. The Morgan fingerprint density at radius 2 is 1.94 bits per heavy atom. The molecule has 0 saturated carbocycles. The molecule has 1 N–H and O–H groups in total. The van der Waals surface area contributed by atoms with Gasteiger partial charge < -0.3 is 10.2 Å². The van der Waals surface area contributed by atoms with Crippen LogP contribution in [0.3, 0.4) is 0 Å². The van der Waals surface area contributed by atoms with Crippen LogP contribution < -0.4 is 5.32 Å². The van der Waals surface area contributed by atoms with Crippen LogP contribution in [0, 0.1) is 0 Å². The Balaban J connectivity index is 0.00000162. The van der Waals surface area contributed by atoms with Crippen LogP contribution in [0.5, 0.6) is 0 Å². The van der Waals surface area contributed by atoms with Gasteiger partial charge in [0.15, 0.2) is 0 Å². The molecule has 0 spiro atoms. The molecule has 100 valence electrons. The van der Waals surface area contributed by atoms with Gasteiger partial charge >= 0.3 is 0 Å². The van der Waals surface area contributed by atoms with E-state index in [-0.39, 0.29) is 24.4 Å². The molecule has 0 aliphatic carbocycles. The van der Waals surface area contributed by atoms with Crippen LogP contribution in [-0.4, -0.2) is 36.0 Å². The number of hydrogen-bond donors (Lipinski definition) is 1. The maximum absolute atomic E-state index is 12.3. The summed E-state index contributed by atoms with van der Waals surface area (Å²) in [5.41, 5.74) is 0.704. The van der Waals surface area contributed by atoms with Gasteiger partial charge in [0.2, 0.25) is 0 Å². The topological polar surface area (TPSA) is 32.3 Å². The molecule has 2 rings (SSSR count). The molecule has 1 aliphatic rings. The molecule has 1 saturated heterocycles. The predicted octanol–water partition coefficient (Wildman–Crippen LogP) is 2.58. The summed E-state index contributed by atoms with van der Waals surface area (Å²) >= 11 is 5.82. The molecular formula is C13H18Cl2N2O. The molecule has 0 bridgehead atoms. The smallest absolute Gasteiger partial charge is 0.254 e. The van der Waals surface area contributed by atoms with E-state index in [1.54, 1.807) is 24.3 Å². The fourth-order valence-electron chi connectivity index (χ4n) is 2.06. The van der Waals surface area contributed by atoms with Crippen LogP contribution in [0.25, 0.3) is 0 Å². The van der Waals surface area contributed by atoms with Gasteiger partial charge in [-0.1, -0.05) is 11.6 Å². The molecule has 1 amide bonds. The quantitative estimate of drug-likeness (QED) is 0.862. The minimum atomic E-state index is 0. The molecule has 2 atom stereocenters. The van der Waals surface area contributed by atoms with Crippen LogP contribution in [0.1, 0.15) is 24.2 Å². The number of hydrogen-bond acceptors (Lipinski definition) is 2. The van der Waals surface area contributed by atoms with Crippen LogP contribution in [0.4, 0.5) is 0 Å². The van der Waals surface area contributed by atoms with Crippen molar-refractivity contribution < 1.29 is 4.79 Å². The Labute approximate surface area is 119 Å². The summed E-state index contributed by atoms with van der Waals surface area (Å²) in [7, 11) is 0. The van der Waals surface area contributed by atoms with E-state index in [9.17, 15) is 4.79 Å². The van der Waals surface area contributed by atoms with Crippen molar-refractivity contribution in [2.75, 3.05) is 13.1 Å². The summed E-state index contributed by atoms with van der Waals surface area (Å²) in [4.78, 5) is 14.2. The van der Waals surface area contributed by atoms with E-state index in [1.807, 2.05) is 4.90 Å². The molecule has 18 heavy (non-hydrogen) atoms. The van der Waals surface area contributed by atoms with Gasteiger partial charge in [-0.25, -0.2) is 0 Å². The highest BCUT2D eigenvalue weighted by Crippen LogP contribution is 2.15. The fraction of sp³-hybridized carbons (Fsp3) is 0.462. The summed E-state index contributed by atoms with van der Waals surface area (Å²) < 4.78 is 0. The third-order valence-corrected chi connectivity index (χ3v) is 3.37. The maximum Gasteiger partial charge on any atom is 0.254 e. The zero-order valence-corrected chi connectivity index (χ0v) is 12.1. The van der Waals surface area contributed by atoms with Gasteiger partial charge in [-0.2, -0.15) is 0 Å². The van der Waals surface area contributed by atoms with Crippen LogP contribution in [0.2, 0.25) is 5.02 Å². The number of amides is 1. The number of carbonyl (C=O) groups excluding carboxylic acids is 1. The van der Waals surface area contributed by atoms with Gasteiger partial charge in [0.05, 0.1) is 0 Å². The van der Waals surface area contributed by atoms with Crippen LogP contribution >= 0.6 is 24.0 Å². The Hall–Kier alpha value is -0.770. The van der Waals surface area contributed by atoms with Crippen molar-refractivity contribution in [3.05, 3.63) is 34.9 Å². The van der Waals surface area contributed by atoms with E-state index in [1.165, 1.54) is 0 Å². The molecule has 0 aromatic heterocycles. The van der Waals surface area contributed by atoms with Crippen molar-refractivity contribution in [2.24, 2.45) is 0 Å². The van der Waals surface area contributed by atoms with Crippen molar-refractivity contribution in [3.63, 3.8) is 0 Å². The first kappa shape index (κ1) is 15.3. The van der Waals surface area contributed by atoms with Crippen molar-refractivity contribution >= 4 is 29.9 Å². The first-order valence-corrected chi connectivity index (χ1v) is 6.25. The SMILES string of the molecule is CC1CN(C(=O)c2ccc(Cl)cc2)C(C)CN1.Cl. The van der Waals surface area contributed by atoms with E-state index < -0.39 is 0 Å². The minimum Gasteiger partial charge on any atom is -0.333 e. The second-order valence-electron chi connectivity index (χ2n) is 4.62. The number of benzene rings is 1. The second-order valence-corrected chi connectivity index (χ2v) is 5.06. The van der Waals surface area contributed by atoms with E-state index in [4.69, 9.17) is 11.6 Å². The molecular weight excluding hydrogens is 271 g/mol. The van der Waals surface area contributed by atoms with E-state index in [0.29, 0.717) is 16.6 Å². The zero-order valence-electron chi connectivity index (χ0n) is 10.5. The van der Waals surface area contributed by atoms with E-state index in [0.717, 1.165) is 13.1 Å². The first-order chi connectivity index (χ1) is 8.08. The molecule has 1 aromatic carbocycles. The Morgan fingerprint density at radius 3 is 2.56 bits per heavy atom. The fourth-order valence-corrected chi connectivity index (χ4v) is 2.19. The zero-order chi connectivity index (χ0) is 12.4. The molecule has 0 radical (unpaired) electrons. The van der Waals surface area contributed by atoms with Crippen molar-refractivity contribution in [1.82, 2.24) is 10.2 Å². The summed E-state index contributed by atoms with van der Waals surface area (Å²) in [5, 5.41) is 4.02. The normalized spacial score (nSPS) is 23.4. The number of rotatable bonds is 1. The average molecular weight is 289 g/mol. The third kappa shape index (κ3) is 3.37. The van der Waals surface area contributed by atoms with Gasteiger partial charge in [-0.05, 0) is 38.1 Å². The van der Waals surface area contributed by atoms with Gasteiger partial charge in [-0.3, -0.25) is 4.79 Å². The third-order valence-electron chi connectivity index (χ3n) is 3.12. The van der Waals surface area contributed by atoms with Crippen molar-refractivity contribution in [3.8, 4) is 0 Å². The number of piperazine rings is 1. The molecule has 1 aromatic rings. The Morgan fingerprint density at radius 1 is 1.33 bits per heavy atom. The summed E-state index contributed by atoms with van der Waals surface area (Å²) in [6.45, 7) is 5.75. The number of carbonyl (C=O) groups is 1. The second kappa shape index (κ2) is 6.41. The highest BCUT2D eigenvalue weighted by Gasteiger charge is 2.27. The number of nitrogens with zero attached hydrogens (tertiary/aromatic N) is 1. The van der Waals surface area contributed by atoms with Gasteiger partial charge in [0.1, 0.15) is 0 Å². The lowest BCUT2D eigenvalue weighted by Crippen LogP contribution is -2.56. The van der Waals surface area contributed by atoms with Crippen LogP contribution in [-0.2, 0) is 0 Å². The molecule has 5 heteroatoms. The lowest BCUT2D eigenvalue weighted by Gasteiger charge is -2.37. The molecule has 3 nitrogen and oxygen atoms in total. The average Bonchev–Trinajstić information content (AvgIpc) is 2.32. The van der Waals surface area contributed by atoms with E-state index >= 15 is 0 Å². The molecule has 1 heterocycles. The first-order valence-electron chi connectivity index (χ1n) is 5.88. The van der Waals surface area contributed by atoms with E-state index in [2.05, 4.69) is 19.2 Å². The summed E-state index contributed by atoms with van der Waals surface area (Å²) in [6, 6.07) is 7.65. The molecule has 2 unspecified atom stereocenters. The highest BCUT2D eigenvalue weighted by atomic mass is 35.5. The van der Waals surface area contributed by atoms with Gasteiger partial charge in [0.25, 0.3) is 5.91 Å². The van der Waals surface area contributed by atoms with Gasteiger partial charge in [0, 0.05) is 35.8 Å². The number of nitrogens with one attached hydrogen (secondary N) is 1. The Kier molecular flexibility index (Phi) is 5.45. The number of halogens is 2. The standard InChI is InChI=1S/C13H17ClN2O.ClH/c1-9-8-16(10(2)7-15-9)13(17)11-3-5-12(14)6-4-11;/h3-6,9-10,15H,7-8H2,1-2H3;1H. The lowest BCUT2D eigenvalue weighted by molar-refractivity contribution is 0.0616. The minimum absolute atomic E-state index is 0. The molecule has 1 aliphatic heterocycles. The lowest BCUT2D eigenvalue weighted by atomic mass is 10.1. The van der Waals surface area contributed by atoms with Crippen LogP contribution in [0.15, 0.2) is 24.3 Å². The van der Waals surface area contributed by atoms with Crippen molar-refractivity contribution in [1.29, 1.82) is 0 Å². The highest BCUT2D eigenvalue weighted by molar-refractivity contribution is 6.30. The molecule has 1 fully saturated rings. The maximum atomic E-state index is 12.3. The Bertz CT molecular complexity index is 408. The monoisotopic (exact) mass is 288 g/mol. The summed E-state index contributed by atoms with van der Waals surface area (Å²) in [6.07, 6.45) is 0. The largest absolute Gasteiger partial charge is 0.333 e. The predicted molar refractivity (Wildman–Crippen MR) is 76.7 cm³/mol. The van der Waals surface area contributed by atoms with Gasteiger partial charge in [-0.15, -0.1) is 12.4 Å².